The molecule has 0 N–H and O–H groups in total. The van der Waals surface area contributed by atoms with Crippen molar-refractivity contribution in [1.82, 2.24) is 0 Å². The van der Waals surface area contributed by atoms with E-state index in [0.29, 0.717) is 11.3 Å². The van der Waals surface area contributed by atoms with E-state index in [9.17, 15) is 0 Å². The normalized spacial score (nSPS) is 30.3. The van der Waals surface area contributed by atoms with Crippen molar-refractivity contribution in [3.8, 4) is 0 Å². The van der Waals surface area contributed by atoms with E-state index < -0.39 is 0 Å². The van der Waals surface area contributed by atoms with Gasteiger partial charge in [-0.05, 0) is 49.1 Å². The van der Waals surface area contributed by atoms with Crippen LogP contribution in [0, 0.1) is 11.8 Å². The van der Waals surface area contributed by atoms with Crippen molar-refractivity contribution in [1.29, 1.82) is 0 Å². The van der Waals surface area contributed by atoms with E-state index in [4.69, 9.17) is 11.6 Å². The molecule has 3 unspecified atom stereocenters. The van der Waals surface area contributed by atoms with Crippen molar-refractivity contribution in [2.24, 2.45) is 11.8 Å². The molecule has 0 aromatic heterocycles. The zero-order valence-electron chi connectivity index (χ0n) is 9.63. The maximum absolute atomic E-state index is 6.43. The first-order valence-electron chi connectivity index (χ1n) is 6.04. The molecule has 16 heavy (non-hydrogen) atoms. The second-order valence-electron chi connectivity index (χ2n) is 4.99. The first-order valence-corrected chi connectivity index (χ1v) is 7.27. The van der Waals surface area contributed by atoms with Gasteiger partial charge in [0.1, 0.15) is 0 Å². The molecule has 0 radical (unpaired) electrons. The fourth-order valence-electron chi connectivity index (χ4n) is 2.62. The number of halogens is 2. The molecule has 3 atom stereocenters. The van der Waals surface area contributed by atoms with Crippen LogP contribution in [0.2, 0.25) is 0 Å². The Morgan fingerprint density at radius 2 is 2.06 bits per heavy atom. The van der Waals surface area contributed by atoms with Gasteiger partial charge in [0.2, 0.25) is 0 Å². The molecule has 0 spiro atoms. The molecule has 88 valence electrons. The van der Waals surface area contributed by atoms with Crippen LogP contribution in [0.1, 0.15) is 31.7 Å². The number of hydrogen-bond donors (Lipinski definition) is 0. The van der Waals surface area contributed by atoms with E-state index >= 15 is 0 Å². The summed E-state index contributed by atoms with van der Waals surface area (Å²) in [5, 5.41) is 0.364. The van der Waals surface area contributed by atoms with E-state index in [0.717, 1.165) is 12.3 Å². The molecule has 1 aliphatic carbocycles. The lowest BCUT2D eigenvalue weighted by Gasteiger charge is -2.31. The minimum atomic E-state index is 0.364. The average Bonchev–Trinajstić information content (AvgIpc) is 2.27. The molecule has 2 rings (SSSR count). The Labute approximate surface area is 112 Å². The summed E-state index contributed by atoms with van der Waals surface area (Å²) in [6.07, 6.45) is 4.86. The smallest absolute Gasteiger partial charge is 0.0367 e. The zero-order valence-corrected chi connectivity index (χ0v) is 12.0. The van der Waals surface area contributed by atoms with Gasteiger partial charge in [0.05, 0.1) is 0 Å². The number of rotatable bonds is 2. The molecule has 0 bridgehead atoms. The van der Waals surface area contributed by atoms with Crippen LogP contribution in [-0.2, 0) is 6.42 Å². The Morgan fingerprint density at radius 1 is 1.31 bits per heavy atom. The molecule has 1 aromatic rings. The Balaban J connectivity index is 2.06. The van der Waals surface area contributed by atoms with Crippen LogP contribution < -0.4 is 0 Å². The summed E-state index contributed by atoms with van der Waals surface area (Å²) in [7, 11) is 0. The number of alkyl halides is 1. The first-order chi connectivity index (χ1) is 7.66. The lowest BCUT2D eigenvalue weighted by Crippen LogP contribution is -2.26. The SMILES string of the molecule is CC1CCC(Cl)C(Cc2ccccc2Br)C1. The first kappa shape index (κ1) is 12.4. The third-order valence-corrected chi connectivity index (χ3v) is 4.94. The fourth-order valence-corrected chi connectivity index (χ4v) is 3.38. The van der Waals surface area contributed by atoms with Crippen molar-refractivity contribution in [2.75, 3.05) is 0 Å². The Hall–Kier alpha value is -0.0100. The molecule has 1 aliphatic rings. The maximum atomic E-state index is 6.43. The Kier molecular flexibility index (Phi) is 4.32. The molecular formula is C14H18BrCl. The van der Waals surface area contributed by atoms with Gasteiger partial charge in [-0.3, -0.25) is 0 Å². The molecular weight excluding hydrogens is 284 g/mol. The van der Waals surface area contributed by atoms with Gasteiger partial charge in [-0.25, -0.2) is 0 Å². The summed E-state index contributed by atoms with van der Waals surface area (Å²) in [6, 6.07) is 8.49. The van der Waals surface area contributed by atoms with Crippen LogP contribution in [0.5, 0.6) is 0 Å². The molecule has 1 saturated carbocycles. The predicted octanol–water partition coefficient (Wildman–Crippen LogP) is 5.04. The summed E-state index contributed by atoms with van der Waals surface area (Å²) in [5.74, 6) is 1.48. The Morgan fingerprint density at radius 3 is 2.81 bits per heavy atom. The van der Waals surface area contributed by atoms with Gasteiger partial charge in [-0.2, -0.15) is 0 Å². The highest BCUT2D eigenvalue weighted by atomic mass is 79.9. The molecule has 1 aromatic carbocycles. The minimum absolute atomic E-state index is 0.364. The summed E-state index contributed by atoms with van der Waals surface area (Å²) < 4.78 is 1.22. The highest BCUT2D eigenvalue weighted by Crippen LogP contribution is 2.35. The summed E-state index contributed by atoms with van der Waals surface area (Å²) in [4.78, 5) is 0. The van der Waals surface area contributed by atoms with Crippen LogP contribution in [0.3, 0.4) is 0 Å². The number of benzene rings is 1. The molecule has 1 fully saturated rings. The van der Waals surface area contributed by atoms with E-state index in [1.807, 2.05) is 0 Å². The van der Waals surface area contributed by atoms with Crippen molar-refractivity contribution in [2.45, 2.75) is 38.0 Å². The Bertz CT molecular complexity index is 350. The molecule has 0 nitrogen and oxygen atoms in total. The third-order valence-electron chi connectivity index (χ3n) is 3.59. The zero-order chi connectivity index (χ0) is 11.5. The second kappa shape index (κ2) is 5.55. The van der Waals surface area contributed by atoms with Crippen LogP contribution in [0.25, 0.3) is 0 Å². The summed E-state index contributed by atoms with van der Waals surface area (Å²) >= 11 is 10.0. The second-order valence-corrected chi connectivity index (χ2v) is 6.40. The lowest BCUT2D eigenvalue weighted by atomic mass is 9.79. The maximum Gasteiger partial charge on any atom is 0.0367 e. The van der Waals surface area contributed by atoms with Gasteiger partial charge in [-0.15, -0.1) is 11.6 Å². The third kappa shape index (κ3) is 3.01. The van der Waals surface area contributed by atoms with E-state index in [1.54, 1.807) is 0 Å². The molecule has 0 amide bonds. The predicted molar refractivity (Wildman–Crippen MR) is 74.0 cm³/mol. The molecule has 2 heteroatoms. The average molecular weight is 302 g/mol. The highest BCUT2D eigenvalue weighted by Gasteiger charge is 2.27. The van der Waals surface area contributed by atoms with E-state index in [1.165, 1.54) is 29.3 Å². The van der Waals surface area contributed by atoms with Crippen molar-refractivity contribution >= 4 is 27.5 Å². The standard InChI is InChI=1S/C14H18BrCl/c1-10-6-7-14(16)12(8-10)9-11-4-2-3-5-13(11)15/h2-5,10,12,14H,6-9H2,1H3. The summed E-state index contributed by atoms with van der Waals surface area (Å²) in [5.41, 5.74) is 1.40. The number of hydrogen-bond acceptors (Lipinski definition) is 0. The highest BCUT2D eigenvalue weighted by molar-refractivity contribution is 9.10. The van der Waals surface area contributed by atoms with Gasteiger partial charge in [0, 0.05) is 9.85 Å². The van der Waals surface area contributed by atoms with Crippen molar-refractivity contribution in [3.05, 3.63) is 34.3 Å². The van der Waals surface area contributed by atoms with Gasteiger partial charge in [-0.1, -0.05) is 41.1 Å². The molecule has 0 saturated heterocycles. The van der Waals surface area contributed by atoms with Crippen LogP contribution in [0.4, 0.5) is 0 Å². The molecule has 0 aliphatic heterocycles. The van der Waals surface area contributed by atoms with E-state index in [-0.39, 0.29) is 0 Å². The van der Waals surface area contributed by atoms with Gasteiger partial charge >= 0.3 is 0 Å². The van der Waals surface area contributed by atoms with Crippen LogP contribution in [-0.4, -0.2) is 5.38 Å². The monoisotopic (exact) mass is 300 g/mol. The topological polar surface area (TPSA) is 0 Å². The largest absolute Gasteiger partial charge is 0.123 e. The fraction of sp³-hybridized carbons (Fsp3) is 0.571. The van der Waals surface area contributed by atoms with Crippen LogP contribution in [0.15, 0.2) is 28.7 Å². The quantitative estimate of drug-likeness (QED) is 0.672. The van der Waals surface area contributed by atoms with Gasteiger partial charge < -0.3 is 0 Å². The van der Waals surface area contributed by atoms with E-state index in [2.05, 4.69) is 47.1 Å². The lowest BCUT2D eigenvalue weighted by molar-refractivity contribution is 0.287. The minimum Gasteiger partial charge on any atom is -0.123 e. The molecule has 0 heterocycles. The summed E-state index contributed by atoms with van der Waals surface area (Å²) in [6.45, 7) is 2.34. The van der Waals surface area contributed by atoms with Crippen molar-refractivity contribution in [3.63, 3.8) is 0 Å². The van der Waals surface area contributed by atoms with Gasteiger partial charge in [0.15, 0.2) is 0 Å². The van der Waals surface area contributed by atoms with Crippen LogP contribution >= 0.6 is 27.5 Å². The van der Waals surface area contributed by atoms with Crippen molar-refractivity contribution < 1.29 is 0 Å². The van der Waals surface area contributed by atoms with Gasteiger partial charge in [0.25, 0.3) is 0 Å².